The topological polar surface area (TPSA) is 89.0 Å². The summed E-state index contributed by atoms with van der Waals surface area (Å²) in [6.45, 7) is 2.47. The molecule has 12 heteroatoms. The first kappa shape index (κ1) is 22.0. The first-order valence-electron chi connectivity index (χ1n) is 11.2. The maximum atomic E-state index is 15.8. The van der Waals surface area contributed by atoms with E-state index in [-0.39, 0.29) is 39.1 Å². The molecule has 1 aromatic carbocycles. The Kier molecular flexibility index (Phi) is 5.02. The molecule has 2 fully saturated rings. The summed E-state index contributed by atoms with van der Waals surface area (Å²) in [6, 6.07) is 2.47. The van der Waals surface area contributed by atoms with Crippen LogP contribution in [0.3, 0.4) is 0 Å². The molecule has 0 radical (unpaired) electrons. The second-order valence-electron chi connectivity index (χ2n) is 8.90. The fourth-order valence-corrected chi connectivity index (χ4v) is 5.30. The molecule has 0 amide bonds. The molecule has 4 aromatic rings. The number of rotatable bonds is 5. The minimum atomic E-state index is -4.98. The quantitative estimate of drug-likeness (QED) is 0.411. The van der Waals surface area contributed by atoms with Gasteiger partial charge in [-0.25, -0.2) is 9.37 Å². The molecule has 182 valence electrons. The van der Waals surface area contributed by atoms with Crippen LogP contribution in [0.5, 0.6) is 11.8 Å². The number of hydrogen-bond acceptors (Lipinski definition) is 7. The molecule has 2 saturated heterocycles. The number of ether oxygens (including phenoxy) is 2. The smallest absolute Gasteiger partial charge is 0.461 e. The summed E-state index contributed by atoms with van der Waals surface area (Å²) in [6.07, 6.45) is 3.28. The molecule has 8 nitrogen and oxygen atoms in total. The highest BCUT2D eigenvalue weighted by molar-refractivity contribution is 5.98. The zero-order valence-electron chi connectivity index (χ0n) is 18.4. The lowest BCUT2D eigenvalue weighted by molar-refractivity contribution is -0.274. The van der Waals surface area contributed by atoms with Crippen LogP contribution in [0.4, 0.5) is 17.6 Å². The van der Waals surface area contributed by atoms with Crippen LogP contribution in [-0.4, -0.2) is 61.6 Å². The lowest BCUT2D eigenvalue weighted by Crippen LogP contribution is -2.43. The Bertz CT molecular complexity index is 1410. The molecule has 0 spiro atoms. The van der Waals surface area contributed by atoms with Crippen LogP contribution in [0.25, 0.3) is 33.1 Å². The van der Waals surface area contributed by atoms with E-state index in [4.69, 9.17) is 4.74 Å². The number of halogens is 4. The average molecular weight is 488 g/mol. The summed E-state index contributed by atoms with van der Waals surface area (Å²) in [5.41, 5.74) is -0.267. The number of H-pyrrole nitrogens is 1. The van der Waals surface area contributed by atoms with Crippen molar-refractivity contribution < 1.29 is 27.0 Å². The number of alkyl halides is 3. The van der Waals surface area contributed by atoms with Gasteiger partial charge in [0.2, 0.25) is 0 Å². The SMILES string of the molecule is Fc1c(-c2c(OC(F)(F)F)ccc3[nH]ncc23)ncc2cnc(OCC34CCCN3CCC4)nc12. The van der Waals surface area contributed by atoms with E-state index >= 15 is 4.39 Å². The van der Waals surface area contributed by atoms with Gasteiger partial charge in [0.15, 0.2) is 5.82 Å². The maximum absolute atomic E-state index is 15.8. The second-order valence-corrected chi connectivity index (χ2v) is 8.90. The monoisotopic (exact) mass is 488 g/mol. The Labute approximate surface area is 196 Å². The first-order valence-corrected chi connectivity index (χ1v) is 11.2. The van der Waals surface area contributed by atoms with Crippen LogP contribution in [0, 0.1) is 5.82 Å². The van der Waals surface area contributed by atoms with Crippen LogP contribution in [0.15, 0.2) is 30.7 Å². The Morgan fingerprint density at radius 1 is 1.06 bits per heavy atom. The van der Waals surface area contributed by atoms with Crippen molar-refractivity contribution >= 4 is 21.8 Å². The number of aromatic amines is 1. The Balaban J connectivity index is 1.40. The Hall–Kier alpha value is -3.54. The van der Waals surface area contributed by atoms with E-state index in [0.717, 1.165) is 44.8 Å². The zero-order valence-corrected chi connectivity index (χ0v) is 18.4. The van der Waals surface area contributed by atoms with Crippen LogP contribution < -0.4 is 9.47 Å². The molecule has 0 saturated carbocycles. The van der Waals surface area contributed by atoms with Crippen molar-refractivity contribution in [3.05, 3.63) is 36.5 Å². The summed E-state index contributed by atoms with van der Waals surface area (Å²) in [5, 5.41) is 7.03. The molecule has 3 aromatic heterocycles. The highest BCUT2D eigenvalue weighted by Crippen LogP contribution is 2.41. The van der Waals surface area contributed by atoms with Crippen molar-refractivity contribution in [2.45, 2.75) is 37.6 Å². The third-order valence-electron chi connectivity index (χ3n) is 6.87. The molecule has 35 heavy (non-hydrogen) atoms. The first-order chi connectivity index (χ1) is 16.8. The number of nitrogens with zero attached hydrogens (tertiary/aromatic N) is 5. The van der Waals surface area contributed by atoms with E-state index < -0.39 is 17.9 Å². The third-order valence-corrected chi connectivity index (χ3v) is 6.87. The van der Waals surface area contributed by atoms with Crippen molar-refractivity contribution in [1.82, 2.24) is 30.0 Å². The number of aromatic nitrogens is 5. The minimum Gasteiger partial charge on any atom is -0.461 e. The third kappa shape index (κ3) is 3.81. The molecule has 6 rings (SSSR count). The van der Waals surface area contributed by atoms with Crippen molar-refractivity contribution in [2.24, 2.45) is 0 Å². The van der Waals surface area contributed by atoms with E-state index in [0.29, 0.717) is 12.1 Å². The van der Waals surface area contributed by atoms with Crippen molar-refractivity contribution in [2.75, 3.05) is 19.7 Å². The average Bonchev–Trinajstić information content (AvgIpc) is 3.53. The molecule has 5 heterocycles. The van der Waals surface area contributed by atoms with E-state index in [1.807, 2.05) is 0 Å². The van der Waals surface area contributed by atoms with Gasteiger partial charge in [-0.2, -0.15) is 10.1 Å². The Morgan fingerprint density at radius 2 is 1.83 bits per heavy atom. The summed E-state index contributed by atoms with van der Waals surface area (Å²) in [7, 11) is 0. The molecule has 0 atom stereocenters. The van der Waals surface area contributed by atoms with Gasteiger partial charge in [0.05, 0.1) is 22.8 Å². The normalized spacial score (nSPS) is 17.8. The van der Waals surface area contributed by atoms with Gasteiger partial charge in [0, 0.05) is 23.2 Å². The fraction of sp³-hybridized carbons (Fsp3) is 0.391. The summed E-state index contributed by atoms with van der Waals surface area (Å²) in [4.78, 5) is 14.9. The minimum absolute atomic E-state index is 0.00922. The van der Waals surface area contributed by atoms with Gasteiger partial charge in [-0.05, 0) is 50.9 Å². The van der Waals surface area contributed by atoms with Gasteiger partial charge in [0.25, 0.3) is 0 Å². The van der Waals surface area contributed by atoms with Gasteiger partial charge in [-0.3, -0.25) is 15.0 Å². The molecule has 2 aliphatic heterocycles. The van der Waals surface area contributed by atoms with Gasteiger partial charge < -0.3 is 9.47 Å². The van der Waals surface area contributed by atoms with E-state index in [9.17, 15) is 13.2 Å². The number of pyridine rings is 1. The summed E-state index contributed by atoms with van der Waals surface area (Å²) < 4.78 is 65.1. The molecule has 0 unspecified atom stereocenters. The van der Waals surface area contributed by atoms with Crippen molar-refractivity contribution in [3.8, 4) is 23.0 Å². The lowest BCUT2D eigenvalue weighted by atomic mass is 9.95. The van der Waals surface area contributed by atoms with E-state index in [1.54, 1.807) is 0 Å². The molecule has 0 bridgehead atoms. The molecule has 1 N–H and O–H groups in total. The van der Waals surface area contributed by atoms with E-state index in [2.05, 4.69) is 34.8 Å². The molecular formula is C23H20F4N6O2. The number of hydrogen-bond donors (Lipinski definition) is 1. The molecular weight excluding hydrogens is 468 g/mol. The lowest BCUT2D eigenvalue weighted by Gasteiger charge is -2.31. The van der Waals surface area contributed by atoms with Gasteiger partial charge in [-0.15, -0.1) is 13.2 Å². The predicted molar refractivity (Wildman–Crippen MR) is 117 cm³/mol. The standard InChI is InChI=1S/C23H20F4N6O2/c24-18-19-13(10-29-21(31-19)34-12-22-5-1-7-33(22)8-2-6-22)9-28-20(18)17-14-11-30-32-15(14)3-4-16(17)35-23(25,26)27/h3-4,9-11H,1-2,5-8,12H2,(H,30,32). The maximum Gasteiger partial charge on any atom is 0.573 e. The van der Waals surface area contributed by atoms with Gasteiger partial charge >= 0.3 is 12.4 Å². The fourth-order valence-electron chi connectivity index (χ4n) is 5.30. The van der Waals surface area contributed by atoms with Crippen LogP contribution >= 0.6 is 0 Å². The van der Waals surface area contributed by atoms with Crippen LogP contribution in [-0.2, 0) is 0 Å². The number of benzene rings is 1. The highest BCUT2D eigenvalue weighted by atomic mass is 19.4. The van der Waals surface area contributed by atoms with Crippen molar-refractivity contribution in [3.63, 3.8) is 0 Å². The number of nitrogens with one attached hydrogen (secondary N) is 1. The zero-order chi connectivity index (χ0) is 24.2. The Morgan fingerprint density at radius 3 is 2.60 bits per heavy atom. The van der Waals surface area contributed by atoms with Crippen LogP contribution in [0.2, 0.25) is 0 Å². The van der Waals surface area contributed by atoms with Gasteiger partial charge in [-0.1, -0.05) is 0 Å². The van der Waals surface area contributed by atoms with Gasteiger partial charge in [0.1, 0.15) is 23.6 Å². The van der Waals surface area contributed by atoms with Crippen molar-refractivity contribution in [1.29, 1.82) is 0 Å². The summed E-state index contributed by atoms with van der Waals surface area (Å²) >= 11 is 0. The molecule has 0 aliphatic carbocycles. The largest absolute Gasteiger partial charge is 0.573 e. The van der Waals surface area contributed by atoms with Crippen LogP contribution in [0.1, 0.15) is 25.7 Å². The highest BCUT2D eigenvalue weighted by Gasteiger charge is 2.45. The molecule has 2 aliphatic rings. The second kappa shape index (κ2) is 8.01. The predicted octanol–water partition coefficient (Wildman–Crippen LogP) is 4.61. The summed E-state index contributed by atoms with van der Waals surface area (Å²) in [5.74, 6) is -1.50. The van der Waals surface area contributed by atoms with E-state index in [1.165, 1.54) is 24.7 Å². The number of fused-ring (bicyclic) bond motifs is 3.